The molecule has 0 spiro atoms. The minimum absolute atomic E-state index is 0.584. The van der Waals surface area contributed by atoms with Gasteiger partial charge in [-0.25, -0.2) is 0 Å². The summed E-state index contributed by atoms with van der Waals surface area (Å²) < 4.78 is 58.2. The van der Waals surface area contributed by atoms with Crippen molar-refractivity contribution in [2.24, 2.45) is 35.5 Å². The second kappa shape index (κ2) is 48.3. The molecule has 0 aliphatic carbocycles. The number of hydrogen-bond acceptors (Lipinski definition) is 9. The molecule has 0 aromatic rings. The lowest BCUT2D eigenvalue weighted by Gasteiger charge is -2.45. The van der Waals surface area contributed by atoms with Gasteiger partial charge in [-0.15, -0.1) is 0 Å². The van der Waals surface area contributed by atoms with Crippen LogP contribution in [0.5, 0.6) is 0 Å². The molecular weight excluding hydrogens is 1560 g/mol. The molecule has 0 saturated carbocycles. The SMILES string of the molecule is CCC(C)CC[Si](C)(C)O[Si](C)(C)C.CCC(C)C[Si](C)(C)O[Si](C)(C)C.CCC(C)C[Si](C)(C)O[Si](C)(C)O[Si](C)(C)C.CCC(C)C[Si](C)(O[Si](C)(C)C)O[Si](C)(C)C.CCC(C)C[Si](C[Si](C)(C)C)(C[Si](C)(C)C)C[Si](C)(C)C.CCC(C)C[Si](O[Si](C)(C)C)(O[Si](C)(C)C)O[Si](C)(C)C. The lowest BCUT2D eigenvalue weighted by atomic mass is 10.1. The maximum atomic E-state index is 6.65. The van der Waals surface area contributed by atoms with Gasteiger partial charge in [0.05, 0.1) is 0 Å². The van der Waals surface area contributed by atoms with Gasteiger partial charge < -0.3 is 37.0 Å². The molecule has 0 saturated heterocycles. The number of rotatable bonds is 43. The largest absolute Gasteiger partial charge is 0.469 e. The van der Waals surface area contributed by atoms with Crippen LogP contribution in [0.3, 0.4) is 0 Å². The fourth-order valence-electron chi connectivity index (χ4n) is 15.0. The van der Waals surface area contributed by atoms with E-state index >= 15 is 0 Å². The summed E-state index contributed by atoms with van der Waals surface area (Å²) in [7, 11) is -27.1. The average Bonchev–Trinajstić information content (AvgIpc) is 0.807. The Morgan fingerprint density at radius 2 is 0.437 bits per heavy atom. The highest BCUT2D eigenvalue weighted by molar-refractivity contribution is 7.08. The van der Waals surface area contributed by atoms with Crippen LogP contribution in [0.2, 0.25) is 328 Å². The third kappa shape index (κ3) is 80.5. The van der Waals surface area contributed by atoms with Crippen LogP contribution in [0, 0.1) is 35.5 Å². The van der Waals surface area contributed by atoms with Gasteiger partial charge in [-0.1, -0.05) is 210 Å². The summed E-state index contributed by atoms with van der Waals surface area (Å²) in [6, 6.07) is 7.61. The zero-order valence-electron chi connectivity index (χ0n) is 81.5. The van der Waals surface area contributed by atoms with Crippen molar-refractivity contribution < 1.29 is 37.0 Å². The van der Waals surface area contributed by atoms with E-state index in [2.05, 4.69) is 358 Å². The molecule has 0 aliphatic rings. The average molecular weight is 1760 g/mol. The molecule has 103 heavy (non-hydrogen) atoms. The molecule has 0 N–H and O–H groups in total. The maximum absolute atomic E-state index is 6.65. The van der Waals surface area contributed by atoms with Crippen LogP contribution < -0.4 is 0 Å². The Hall–Kier alpha value is 3.54. The summed E-state index contributed by atoms with van der Waals surface area (Å²) in [4.78, 5) is 0. The first kappa shape index (κ1) is 117. The van der Waals surface area contributed by atoms with E-state index in [-0.39, 0.29) is 0 Å². The van der Waals surface area contributed by atoms with Crippen molar-refractivity contribution in [2.45, 2.75) is 456 Å². The molecule has 9 nitrogen and oxygen atoms in total. The summed E-state index contributed by atoms with van der Waals surface area (Å²) >= 11 is 0. The van der Waals surface area contributed by atoms with Crippen molar-refractivity contribution in [2.75, 3.05) is 0 Å². The Kier molecular flexibility index (Phi) is 55.1. The summed E-state index contributed by atoms with van der Waals surface area (Å²) in [6.45, 7) is 127. The van der Waals surface area contributed by atoms with Crippen LogP contribution >= 0.6 is 0 Å². The van der Waals surface area contributed by atoms with Crippen LogP contribution in [-0.2, 0) is 37.0 Å². The third-order valence-electron chi connectivity index (χ3n) is 16.6. The van der Waals surface area contributed by atoms with Crippen LogP contribution in [0.15, 0.2) is 0 Å². The van der Waals surface area contributed by atoms with Crippen molar-refractivity contribution in [1.82, 2.24) is 0 Å². The first-order chi connectivity index (χ1) is 44.7. The molecule has 0 bridgehead atoms. The van der Waals surface area contributed by atoms with Crippen molar-refractivity contribution >= 4 is 150 Å². The van der Waals surface area contributed by atoms with Gasteiger partial charge in [0.2, 0.25) is 0 Å². The topological polar surface area (TPSA) is 83.1 Å². The molecule has 27 heteroatoms. The zero-order chi connectivity index (χ0) is 84.1. The Balaban J connectivity index is -0.000000276. The molecule has 0 rings (SSSR count). The smallest absolute Gasteiger partial charge is 0.456 e. The standard InChI is InChI=1S/C17H44Si4.C14H38O3Si4.2C12H32O2Si3.C11H28OSi2.C10H26OSi2/c1-12-17(2)13-21(14-18(3,4)5,15-19(6,7)8)16-20(9,10)11;1-12-14(2)13-21(15-18(3,4)5,16-19(6,7)8)17-20(9,10)11;1-10-12(2)11-16(6,7)14-17(8,9)13-15(3,4)5;1-10-12(2)11-17(9,13-15(3,4)5)14-16(6,7)8;1-8-11(2)9-10-14(6,7)12-13(3,4)5;1-8-10(2)9-13(6,7)11-12(3,4)5/h17H,12-16H2,1-11H3;14H,12-13H2,1-11H3;2*12H,10-11H2,1-9H3;11H,8-10H2,1-7H3;10H,8-9H2,1-7H3. The number of hydrogen-bond donors (Lipinski definition) is 0. The predicted octanol–water partition coefficient (Wildman–Crippen LogP) is 30.8. The lowest BCUT2D eigenvalue weighted by Crippen LogP contribution is -2.61. The molecule has 630 valence electrons. The summed E-state index contributed by atoms with van der Waals surface area (Å²) in [5.74, 6) is 4.72. The minimum atomic E-state index is -2.60. The zero-order valence-corrected chi connectivity index (χ0v) is 99.5. The molecule has 0 radical (unpaired) electrons. The van der Waals surface area contributed by atoms with Gasteiger partial charge in [0.1, 0.15) is 0 Å². The van der Waals surface area contributed by atoms with Gasteiger partial charge in [0, 0.05) is 38.3 Å². The van der Waals surface area contributed by atoms with Gasteiger partial charge in [-0.2, -0.15) is 0 Å². The molecule has 0 fully saturated rings. The van der Waals surface area contributed by atoms with E-state index in [1.54, 1.807) is 23.0 Å². The molecule has 0 heterocycles. The molecule has 6 unspecified atom stereocenters. The van der Waals surface area contributed by atoms with Gasteiger partial charge >= 0.3 is 25.9 Å². The van der Waals surface area contributed by atoms with Gasteiger partial charge in [-0.05, 0) is 276 Å². The molecule has 0 aromatic heterocycles. The van der Waals surface area contributed by atoms with Gasteiger partial charge in [-0.3, -0.25) is 0 Å². The lowest BCUT2D eigenvalue weighted by molar-refractivity contribution is 0.242. The highest BCUT2D eigenvalue weighted by atomic mass is 28.5. The first-order valence-electron chi connectivity index (χ1n) is 42.0. The van der Waals surface area contributed by atoms with Crippen LogP contribution in [-0.4, -0.2) is 150 Å². The van der Waals surface area contributed by atoms with Crippen molar-refractivity contribution in [3.63, 3.8) is 0 Å². The van der Waals surface area contributed by atoms with E-state index in [1.807, 2.05) is 0 Å². The van der Waals surface area contributed by atoms with E-state index < -0.39 is 150 Å². The van der Waals surface area contributed by atoms with Crippen molar-refractivity contribution in [1.29, 1.82) is 0 Å². The van der Waals surface area contributed by atoms with Crippen molar-refractivity contribution in [3.8, 4) is 0 Å². The molecule has 0 aliphatic heterocycles. The fraction of sp³-hybridized carbons (Fsp3) is 1.00. The monoisotopic (exact) mass is 1760 g/mol. The Labute approximate surface area is 672 Å². The van der Waals surface area contributed by atoms with E-state index in [0.717, 1.165) is 42.2 Å². The highest BCUT2D eigenvalue weighted by Crippen LogP contribution is 2.41. The van der Waals surface area contributed by atoms with Crippen LogP contribution in [0.25, 0.3) is 0 Å². The van der Waals surface area contributed by atoms with Gasteiger partial charge in [0.15, 0.2) is 91.5 Å². The summed E-state index contributed by atoms with van der Waals surface area (Å²) in [5, 5.41) is 0. The molecular formula is C76H200O9Si18. The summed E-state index contributed by atoms with van der Waals surface area (Å²) in [5.41, 5.74) is 5.08. The quantitative estimate of drug-likeness (QED) is 0.0554. The fourth-order valence-corrected chi connectivity index (χ4v) is 110. The normalized spacial score (nSPS) is 16.0. The highest BCUT2D eigenvalue weighted by Gasteiger charge is 2.51. The predicted molar refractivity (Wildman–Crippen MR) is 524 cm³/mol. The van der Waals surface area contributed by atoms with Crippen molar-refractivity contribution in [3.05, 3.63) is 0 Å². The molecule has 6 atom stereocenters. The van der Waals surface area contributed by atoms with E-state index in [0.29, 0.717) is 11.8 Å². The van der Waals surface area contributed by atoms with Crippen LogP contribution in [0.4, 0.5) is 0 Å². The Morgan fingerprint density at radius 1 is 0.214 bits per heavy atom. The Morgan fingerprint density at radius 3 is 0.680 bits per heavy atom. The first-order valence-corrected chi connectivity index (χ1v) is 99.9. The molecule has 0 aromatic carbocycles. The maximum Gasteiger partial charge on any atom is 0.469 e. The third-order valence-corrected chi connectivity index (χ3v) is 84.7. The van der Waals surface area contributed by atoms with E-state index in [1.165, 1.54) is 56.7 Å². The second-order valence-corrected chi connectivity index (χ2v) is 130. The Bertz CT molecular complexity index is 2010. The second-order valence-electron chi connectivity index (χ2n) is 46.7. The van der Waals surface area contributed by atoms with E-state index in [9.17, 15) is 0 Å². The summed E-state index contributed by atoms with van der Waals surface area (Å²) in [6.07, 6.45) is 8.93. The van der Waals surface area contributed by atoms with Gasteiger partial charge in [0.25, 0.3) is 0 Å². The minimum Gasteiger partial charge on any atom is -0.456 e. The molecule has 0 amide bonds. The van der Waals surface area contributed by atoms with E-state index in [4.69, 9.17) is 37.0 Å². The van der Waals surface area contributed by atoms with Crippen LogP contribution in [0.1, 0.15) is 128 Å².